The zero-order valence-corrected chi connectivity index (χ0v) is 5.78. The Bertz CT molecular complexity index is 148. The van der Waals surface area contributed by atoms with E-state index in [0.29, 0.717) is 5.75 Å². The van der Waals surface area contributed by atoms with E-state index in [1.807, 2.05) is 0 Å². The molecule has 0 rings (SSSR count). The van der Waals surface area contributed by atoms with Crippen LogP contribution in [0.1, 0.15) is 6.92 Å². The van der Waals surface area contributed by atoms with E-state index in [1.165, 1.54) is 6.92 Å². The molecule has 0 amide bonds. The number of rotatable bonds is 2. The van der Waals surface area contributed by atoms with Gasteiger partial charge in [0, 0.05) is 0 Å². The average Bonchev–Trinajstić information content (AvgIpc) is 1.21. The highest BCUT2D eigenvalue weighted by atomic mass is 35.5. The SMILES string of the molecule is CC(Cl)[CH]S(=O)(=O)O. The molecule has 0 saturated heterocycles. The van der Waals surface area contributed by atoms with Gasteiger partial charge >= 0.3 is 0 Å². The summed E-state index contributed by atoms with van der Waals surface area (Å²) in [5.41, 5.74) is 0. The maximum absolute atomic E-state index is 9.86. The second kappa shape index (κ2) is 2.66. The first-order valence-corrected chi connectivity index (χ1v) is 3.82. The monoisotopic (exact) mass is 157 g/mol. The van der Waals surface area contributed by atoms with Crippen molar-refractivity contribution in [2.75, 3.05) is 0 Å². The zero-order valence-electron chi connectivity index (χ0n) is 4.20. The Morgan fingerprint density at radius 3 is 2.12 bits per heavy atom. The molecule has 0 heterocycles. The fourth-order valence-electron chi connectivity index (χ4n) is 0.237. The van der Waals surface area contributed by atoms with E-state index in [4.69, 9.17) is 16.2 Å². The Balaban J connectivity index is 3.75. The summed E-state index contributed by atoms with van der Waals surface area (Å²) >= 11 is 5.17. The smallest absolute Gasteiger partial charge is 0.270 e. The van der Waals surface area contributed by atoms with E-state index in [-0.39, 0.29) is 0 Å². The molecule has 0 fully saturated rings. The summed E-state index contributed by atoms with van der Waals surface area (Å²) in [7, 11) is -3.98. The Morgan fingerprint density at radius 1 is 1.75 bits per heavy atom. The number of hydrogen-bond acceptors (Lipinski definition) is 2. The van der Waals surface area contributed by atoms with Gasteiger partial charge in [-0.2, -0.15) is 8.42 Å². The maximum atomic E-state index is 9.86. The van der Waals surface area contributed by atoms with Crippen molar-refractivity contribution in [1.82, 2.24) is 0 Å². The fourth-order valence-corrected chi connectivity index (χ4v) is 1.10. The van der Waals surface area contributed by atoms with Gasteiger partial charge in [0.05, 0.1) is 5.38 Å². The van der Waals surface area contributed by atoms with Crippen molar-refractivity contribution in [1.29, 1.82) is 0 Å². The van der Waals surface area contributed by atoms with Crippen molar-refractivity contribution in [2.24, 2.45) is 0 Å². The van der Waals surface area contributed by atoms with Crippen molar-refractivity contribution < 1.29 is 13.0 Å². The number of halogens is 1. The van der Waals surface area contributed by atoms with Crippen LogP contribution in [0.3, 0.4) is 0 Å². The van der Waals surface area contributed by atoms with Crippen LogP contribution in [-0.4, -0.2) is 18.3 Å². The second-order valence-electron chi connectivity index (χ2n) is 1.33. The Morgan fingerprint density at radius 2 is 2.12 bits per heavy atom. The quantitative estimate of drug-likeness (QED) is 0.474. The van der Waals surface area contributed by atoms with Crippen molar-refractivity contribution in [2.45, 2.75) is 12.3 Å². The summed E-state index contributed by atoms with van der Waals surface area (Å²) < 4.78 is 27.7. The molecule has 5 heteroatoms. The van der Waals surface area contributed by atoms with Gasteiger partial charge in [-0.15, -0.1) is 11.6 Å². The van der Waals surface area contributed by atoms with Crippen LogP contribution in [0.25, 0.3) is 0 Å². The molecule has 1 radical (unpaired) electrons. The highest BCUT2D eigenvalue weighted by Crippen LogP contribution is 2.02. The minimum Gasteiger partial charge on any atom is -0.285 e. The predicted molar refractivity (Wildman–Crippen MR) is 31.2 cm³/mol. The number of hydrogen-bond donors (Lipinski definition) is 1. The summed E-state index contributed by atoms with van der Waals surface area (Å²) in [6.45, 7) is 1.44. The van der Waals surface area contributed by atoms with Crippen molar-refractivity contribution >= 4 is 21.7 Å². The molecule has 0 aliphatic heterocycles. The second-order valence-corrected chi connectivity index (χ2v) is 3.32. The lowest BCUT2D eigenvalue weighted by Crippen LogP contribution is -2.04. The topological polar surface area (TPSA) is 54.4 Å². The van der Waals surface area contributed by atoms with Crippen LogP contribution in [-0.2, 0) is 10.1 Å². The maximum Gasteiger partial charge on any atom is 0.270 e. The molecule has 1 unspecified atom stereocenters. The van der Waals surface area contributed by atoms with E-state index in [9.17, 15) is 8.42 Å². The molecular formula is C3H6ClO3S. The van der Waals surface area contributed by atoms with E-state index < -0.39 is 15.5 Å². The molecule has 8 heavy (non-hydrogen) atoms. The van der Waals surface area contributed by atoms with Crippen molar-refractivity contribution in [3.63, 3.8) is 0 Å². The first kappa shape index (κ1) is 8.20. The van der Waals surface area contributed by atoms with Gasteiger partial charge in [0.25, 0.3) is 10.1 Å². The molecule has 49 valence electrons. The molecule has 3 nitrogen and oxygen atoms in total. The van der Waals surface area contributed by atoms with Crippen LogP contribution >= 0.6 is 11.6 Å². The molecular weight excluding hydrogens is 152 g/mol. The summed E-state index contributed by atoms with van der Waals surface area (Å²) in [5.74, 6) is 0.647. The van der Waals surface area contributed by atoms with Crippen LogP contribution in [0, 0.1) is 5.75 Å². The van der Waals surface area contributed by atoms with Gasteiger partial charge in [-0.25, -0.2) is 0 Å². The molecule has 0 spiro atoms. The Kier molecular flexibility index (Phi) is 2.73. The molecule has 0 aliphatic carbocycles. The number of alkyl halides is 1. The molecule has 0 bridgehead atoms. The molecule has 0 aromatic heterocycles. The van der Waals surface area contributed by atoms with Gasteiger partial charge in [-0.1, -0.05) is 0 Å². The highest BCUT2D eigenvalue weighted by Gasteiger charge is 2.08. The lowest BCUT2D eigenvalue weighted by molar-refractivity contribution is 0.489. The summed E-state index contributed by atoms with van der Waals surface area (Å²) in [6.07, 6.45) is 0. The Labute approximate surface area is 53.4 Å². The molecule has 1 atom stereocenters. The van der Waals surface area contributed by atoms with Gasteiger partial charge in [0.2, 0.25) is 0 Å². The summed E-state index contributed by atoms with van der Waals surface area (Å²) in [4.78, 5) is 0. The van der Waals surface area contributed by atoms with E-state index in [2.05, 4.69) is 0 Å². The third kappa shape index (κ3) is 6.20. The van der Waals surface area contributed by atoms with Gasteiger partial charge in [0.15, 0.2) is 0 Å². The summed E-state index contributed by atoms with van der Waals surface area (Å²) in [5, 5.41) is -0.648. The van der Waals surface area contributed by atoms with Crippen LogP contribution in [0.5, 0.6) is 0 Å². The lowest BCUT2D eigenvalue weighted by atomic mass is 10.6. The average molecular weight is 158 g/mol. The van der Waals surface area contributed by atoms with Crippen molar-refractivity contribution in [3.8, 4) is 0 Å². The van der Waals surface area contributed by atoms with Gasteiger partial charge in [-0.05, 0) is 6.92 Å². The van der Waals surface area contributed by atoms with Gasteiger partial charge < -0.3 is 0 Å². The van der Waals surface area contributed by atoms with E-state index >= 15 is 0 Å². The van der Waals surface area contributed by atoms with Crippen LogP contribution in [0.15, 0.2) is 0 Å². The van der Waals surface area contributed by atoms with Gasteiger partial charge in [0.1, 0.15) is 5.75 Å². The third-order valence-electron chi connectivity index (χ3n) is 0.359. The van der Waals surface area contributed by atoms with E-state index in [0.717, 1.165) is 0 Å². The Hall–Kier alpha value is 0.200. The highest BCUT2D eigenvalue weighted by molar-refractivity contribution is 7.88. The largest absolute Gasteiger partial charge is 0.285 e. The van der Waals surface area contributed by atoms with E-state index in [1.54, 1.807) is 0 Å². The van der Waals surface area contributed by atoms with Crippen LogP contribution in [0.2, 0.25) is 0 Å². The predicted octanol–water partition coefficient (Wildman–Crippen LogP) is 0.663. The minimum absolute atomic E-state index is 0.647. The molecule has 0 saturated carbocycles. The normalized spacial score (nSPS) is 15.9. The molecule has 0 aliphatic rings. The fraction of sp³-hybridized carbons (Fsp3) is 0.667. The standard InChI is InChI=1S/C3H6ClO3S/c1-3(4)2-8(5,6)7/h2-3H,1H3,(H,5,6,7). The minimum atomic E-state index is -3.98. The first-order chi connectivity index (χ1) is 3.42. The first-order valence-electron chi connectivity index (χ1n) is 1.88. The molecule has 1 N–H and O–H groups in total. The van der Waals surface area contributed by atoms with Gasteiger partial charge in [-0.3, -0.25) is 4.55 Å². The zero-order chi connectivity index (χ0) is 6.78. The summed E-state index contributed by atoms with van der Waals surface area (Å²) in [6, 6.07) is 0. The van der Waals surface area contributed by atoms with Crippen LogP contribution < -0.4 is 0 Å². The lowest BCUT2D eigenvalue weighted by Gasteiger charge is -1.94. The van der Waals surface area contributed by atoms with Crippen molar-refractivity contribution in [3.05, 3.63) is 5.75 Å². The third-order valence-corrected chi connectivity index (χ3v) is 1.39. The van der Waals surface area contributed by atoms with Crippen LogP contribution in [0.4, 0.5) is 0 Å². The molecule has 0 aromatic carbocycles. The molecule has 0 aromatic rings.